The first kappa shape index (κ1) is 22.3. The van der Waals surface area contributed by atoms with Crippen LogP contribution >= 0.6 is 11.6 Å². The van der Waals surface area contributed by atoms with Crippen LogP contribution in [-0.4, -0.2) is 52.6 Å². The fraction of sp³-hybridized carbons (Fsp3) is 0.227. The fourth-order valence-electron chi connectivity index (χ4n) is 3.03. The fourth-order valence-corrected chi connectivity index (χ4v) is 3.24. The second-order valence-corrected chi connectivity index (χ2v) is 7.42. The Labute approximate surface area is 185 Å². The van der Waals surface area contributed by atoms with Crippen molar-refractivity contribution < 1.29 is 14.7 Å². The van der Waals surface area contributed by atoms with Crippen molar-refractivity contribution in [1.29, 1.82) is 0 Å². The third-order valence-corrected chi connectivity index (χ3v) is 5.31. The lowest BCUT2D eigenvalue weighted by atomic mass is 10.1. The predicted molar refractivity (Wildman–Crippen MR) is 120 cm³/mol. The number of aliphatic hydroxyl groups is 1. The predicted octanol–water partition coefficient (Wildman–Crippen LogP) is 3.02. The summed E-state index contributed by atoms with van der Waals surface area (Å²) in [4.78, 5) is 31.6. The number of hydrazine groups is 1. The molecule has 31 heavy (non-hydrogen) atoms. The highest BCUT2D eigenvalue weighted by Gasteiger charge is 2.18. The van der Waals surface area contributed by atoms with Crippen LogP contribution < -0.4 is 10.3 Å². The molecule has 0 aliphatic heterocycles. The number of rotatable bonds is 7. The zero-order valence-electron chi connectivity index (χ0n) is 17.5. The number of benzene rings is 1. The summed E-state index contributed by atoms with van der Waals surface area (Å²) in [6.07, 6.45) is 3.17. The summed E-state index contributed by atoms with van der Waals surface area (Å²) >= 11 is 6.34. The Morgan fingerprint density at radius 3 is 2.58 bits per heavy atom. The van der Waals surface area contributed by atoms with E-state index in [1.54, 1.807) is 37.4 Å². The van der Waals surface area contributed by atoms with Gasteiger partial charge in [-0.05, 0) is 17.7 Å². The SMILES string of the molecule is CC(=O)N(C)N(C)c1cc(-c2c[nH]c(C(=O)N[C@H](CO)c3ccccc3)c2)c(Cl)cn1. The number of hydrogen-bond acceptors (Lipinski definition) is 5. The van der Waals surface area contributed by atoms with Crippen LogP contribution in [0, 0.1) is 0 Å². The standard InChI is InChI=1S/C22H24ClN5O3/c1-14(30)27(2)28(3)21-10-17(18(23)12-25-21)16-9-19(24-11-16)22(31)26-20(13-29)15-7-5-4-6-8-15/h4-12,20,24,29H,13H2,1-3H3,(H,26,31)/t20-/m1/s1. The first-order chi connectivity index (χ1) is 14.8. The number of H-pyrrole nitrogens is 1. The lowest BCUT2D eigenvalue weighted by molar-refractivity contribution is -0.127. The number of aromatic amines is 1. The molecule has 1 atom stereocenters. The third-order valence-electron chi connectivity index (χ3n) is 5.01. The Hall–Kier alpha value is -3.36. The summed E-state index contributed by atoms with van der Waals surface area (Å²) < 4.78 is 0. The third kappa shape index (κ3) is 5.04. The molecule has 0 saturated carbocycles. The molecule has 1 aromatic carbocycles. The highest BCUT2D eigenvalue weighted by molar-refractivity contribution is 6.33. The molecule has 2 amide bonds. The minimum Gasteiger partial charge on any atom is -0.394 e. The van der Waals surface area contributed by atoms with Crippen molar-refractivity contribution in [2.24, 2.45) is 0 Å². The van der Waals surface area contributed by atoms with E-state index in [9.17, 15) is 14.7 Å². The molecule has 0 aliphatic carbocycles. The van der Waals surface area contributed by atoms with Crippen LogP contribution in [-0.2, 0) is 4.79 Å². The molecule has 9 heteroatoms. The van der Waals surface area contributed by atoms with Gasteiger partial charge in [0.2, 0.25) is 5.91 Å². The van der Waals surface area contributed by atoms with Crippen LogP contribution in [0.2, 0.25) is 5.02 Å². The number of carbonyl (C=O) groups is 2. The normalized spacial score (nSPS) is 11.6. The molecule has 0 radical (unpaired) electrons. The van der Waals surface area contributed by atoms with Crippen LogP contribution in [0.4, 0.5) is 5.82 Å². The number of hydrogen-bond donors (Lipinski definition) is 3. The summed E-state index contributed by atoms with van der Waals surface area (Å²) in [6.45, 7) is 1.23. The van der Waals surface area contributed by atoms with Crippen molar-refractivity contribution in [2.75, 3.05) is 25.7 Å². The van der Waals surface area contributed by atoms with Gasteiger partial charge in [0.15, 0.2) is 0 Å². The maximum atomic E-state index is 12.7. The van der Waals surface area contributed by atoms with E-state index in [2.05, 4.69) is 15.3 Å². The monoisotopic (exact) mass is 441 g/mol. The van der Waals surface area contributed by atoms with Gasteiger partial charge in [-0.25, -0.2) is 4.98 Å². The highest BCUT2D eigenvalue weighted by atomic mass is 35.5. The van der Waals surface area contributed by atoms with Gasteiger partial charge >= 0.3 is 0 Å². The smallest absolute Gasteiger partial charge is 0.268 e. The molecule has 3 N–H and O–H groups in total. The molecule has 3 aromatic rings. The molecule has 0 bridgehead atoms. The molecule has 8 nitrogen and oxygen atoms in total. The van der Waals surface area contributed by atoms with Crippen molar-refractivity contribution >= 4 is 29.2 Å². The van der Waals surface area contributed by atoms with E-state index in [4.69, 9.17) is 11.6 Å². The average Bonchev–Trinajstić information content (AvgIpc) is 3.27. The highest BCUT2D eigenvalue weighted by Crippen LogP contribution is 2.31. The van der Waals surface area contributed by atoms with E-state index in [0.29, 0.717) is 27.7 Å². The number of nitrogens with one attached hydrogen (secondary N) is 2. The maximum Gasteiger partial charge on any atom is 0.268 e. The number of carbonyl (C=O) groups excluding carboxylic acids is 2. The number of pyridine rings is 1. The van der Waals surface area contributed by atoms with E-state index in [-0.39, 0.29) is 18.4 Å². The van der Waals surface area contributed by atoms with E-state index in [1.165, 1.54) is 18.1 Å². The quantitative estimate of drug-likeness (QED) is 0.489. The largest absolute Gasteiger partial charge is 0.394 e. The molecule has 0 saturated heterocycles. The van der Waals surface area contributed by atoms with E-state index >= 15 is 0 Å². The van der Waals surface area contributed by atoms with Gasteiger partial charge < -0.3 is 15.4 Å². The number of amides is 2. The van der Waals surface area contributed by atoms with Crippen molar-refractivity contribution in [3.63, 3.8) is 0 Å². The second kappa shape index (κ2) is 9.63. The molecule has 2 heterocycles. The van der Waals surface area contributed by atoms with E-state index < -0.39 is 6.04 Å². The van der Waals surface area contributed by atoms with Crippen LogP contribution in [0.3, 0.4) is 0 Å². The molecule has 3 rings (SSSR count). The molecule has 2 aromatic heterocycles. The Bertz CT molecular complexity index is 1070. The zero-order valence-corrected chi connectivity index (χ0v) is 18.2. The van der Waals surface area contributed by atoms with Gasteiger partial charge in [0.05, 0.1) is 17.7 Å². The minimum atomic E-state index is -0.521. The van der Waals surface area contributed by atoms with Gasteiger partial charge in [-0.15, -0.1) is 0 Å². The maximum absolute atomic E-state index is 12.7. The Morgan fingerprint density at radius 2 is 1.94 bits per heavy atom. The van der Waals surface area contributed by atoms with Crippen LogP contribution in [0.5, 0.6) is 0 Å². The van der Waals surface area contributed by atoms with Gasteiger partial charge in [0, 0.05) is 44.5 Å². The summed E-state index contributed by atoms with van der Waals surface area (Å²) in [7, 11) is 3.36. The van der Waals surface area contributed by atoms with Gasteiger partial charge in [0.25, 0.3) is 5.91 Å². The van der Waals surface area contributed by atoms with Gasteiger partial charge in [0.1, 0.15) is 11.5 Å². The van der Waals surface area contributed by atoms with Crippen LogP contribution in [0.15, 0.2) is 54.9 Å². The molecule has 0 aliphatic rings. The first-order valence-electron chi connectivity index (χ1n) is 9.60. The molecule has 0 fully saturated rings. The molecular weight excluding hydrogens is 418 g/mol. The van der Waals surface area contributed by atoms with Crippen molar-refractivity contribution in [2.45, 2.75) is 13.0 Å². The van der Waals surface area contributed by atoms with Crippen molar-refractivity contribution in [3.05, 3.63) is 71.1 Å². The van der Waals surface area contributed by atoms with E-state index in [1.807, 2.05) is 30.3 Å². The Balaban J connectivity index is 1.82. The number of aromatic nitrogens is 2. The molecule has 0 unspecified atom stereocenters. The number of anilines is 1. The minimum absolute atomic E-state index is 0.141. The molecular formula is C22H24ClN5O3. The summed E-state index contributed by atoms with van der Waals surface area (Å²) in [5.41, 5.74) is 2.49. The summed E-state index contributed by atoms with van der Waals surface area (Å²) in [6, 6.07) is 12.1. The van der Waals surface area contributed by atoms with E-state index in [0.717, 1.165) is 5.56 Å². The van der Waals surface area contributed by atoms with Crippen molar-refractivity contribution in [1.82, 2.24) is 20.3 Å². The summed E-state index contributed by atoms with van der Waals surface area (Å²) in [5, 5.41) is 15.9. The Kier molecular flexibility index (Phi) is 6.94. The second-order valence-electron chi connectivity index (χ2n) is 7.01. The first-order valence-corrected chi connectivity index (χ1v) is 9.98. The summed E-state index contributed by atoms with van der Waals surface area (Å²) in [5.74, 6) is 0.0277. The molecule has 0 spiro atoms. The number of aliphatic hydroxyl groups excluding tert-OH is 1. The van der Waals surface area contributed by atoms with Gasteiger partial charge in [-0.2, -0.15) is 0 Å². The van der Waals surface area contributed by atoms with Crippen LogP contribution in [0.25, 0.3) is 11.1 Å². The number of nitrogens with zero attached hydrogens (tertiary/aromatic N) is 3. The Morgan fingerprint density at radius 1 is 1.23 bits per heavy atom. The topological polar surface area (TPSA) is 102 Å². The number of halogens is 1. The van der Waals surface area contributed by atoms with Crippen LogP contribution in [0.1, 0.15) is 29.0 Å². The van der Waals surface area contributed by atoms with Crippen molar-refractivity contribution in [3.8, 4) is 11.1 Å². The average molecular weight is 442 g/mol. The van der Waals surface area contributed by atoms with Gasteiger partial charge in [-0.1, -0.05) is 41.9 Å². The zero-order chi connectivity index (χ0) is 22.5. The molecule has 162 valence electrons. The van der Waals surface area contributed by atoms with Gasteiger partial charge in [-0.3, -0.25) is 19.6 Å². The lowest BCUT2D eigenvalue weighted by Crippen LogP contribution is -2.40. The lowest BCUT2D eigenvalue weighted by Gasteiger charge is -2.28.